The van der Waals surface area contributed by atoms with E-state index in [0.29, 0.717) is 5.56 Å². The SMILES string of the molecule is C=C(CCC(F)(F)F)NC(=O)NCc1cccc(OC(F)(F)F)c1.CO. The molecule has 3 N–H and O–H groups in total. The van der Waals surface area contributed by atoms with Gasteiger partial charge < -0.3 is 20.5 Å². The van der Waals surface area contributed by atoms with Crippen LogP contribution in [0.2, 0.25) is 0 Å². The number of carbonyl (C=O) groups is 1. The van der Waals surface area contributed by atoms with Crippen molar-refractivity contribution < 1.29 is 41.0 Å². The summed E-state index contributed by atoms with van der Waals surface area (Å²) in [6.07, 6.45) is -10.8. The van der Waals surface area contributed by atoms with Crippen molar-refractivity contribution in [3.63, 3.8) is 0 Å². The van der Waals surface area contributed by atoms with Crippen LogP contribution >= 0.6 is 0 Å². The third kappa shape index (κ3) is 12.0. The van der Waals surface area contributed by atoms with Gasteiger partial charge in [0.15, 0.2) is 0 Å². The molecule has 1 aromatic rings. The topological polar surface area (TPSA) is 70.6 Å². The van der Waals surface area contributed by atoms with Gasteiger partial charge in [0, 0.05) is 25.8 Å². The largest absolute Gasteiger partial charge is 0.573 e. The maximum Gasteiger partial charge on any atom is 0.573 e. The number of amides is 2. The minimum atomic E-state index is -4.83. The van der Waals surface area contributed by atoms with Gasteiger partial charge in [0.05, 0.1) is 0 Å². The highest BCUT2D eigenvalue weighted by Gasteiger charge is 2.31. The molecule has 0 saturated heterocycles. The summed E-state index contributed by atoms with van der Waals surface area (Å²) in [7, 11) is 1.00. The fraction of sp³-hybridized carbons (Fsp3) is 0.400. The number of aliphatic hydroxyl groups excluding tert-OH is 1. The smallest absolute Gasteiger partial charge is 0.406 e. The van der Waals surface area contributed by atoms with Crippen LogP contribution in [0.5, 0.6) is 5.75 Å². The number of hydrogen-bond acceptors (Lipinski definition) is 3. The van der Waals surface area contributed by atoms with E-state index in [-0.39, 0.29) is 12.2 Å². The summed E-state index contributed by atoms with van der Waals surface area (Å²) >= 11 is 0. The highest BCUT2D eigenvalue weighted by atomic mass is 19.4. The maximum atomic E-state index is 12.1. The van der Waals surface area contributed by atoms with Gasteiger partial charge in [-0.25, -0.2) is 4.79 Å². The molecule has 2 amide bonds. The molecule has 0 spiro atoms. The number of alkyl halides is 6. The van der Waals surface area contributed by atoms with Crippen LogP contribution in [0.1, 0.15) is 18.4 Å². The normalized spacial score (nSPS) is 11.1. The van der Waals surface area contributed by atoms with Crippen LogP contribution in [0.3, 0.4) is 0 Å². The number of hydrogen-bond donors (Lipinski definition) is 3. The Morgan fingerprint density at radius 3 is 2.35 bits per heavy atom. The molecule has 0 heterocycles. The summed E-state index contributed by atoms with van der Waals surface area (Å²) in [6.45, 7) is 3.14. The van der Waals surface area contributed by atoms with Crippen molar-refractivity contribution in [2.75, 3.05) is 7.11 Å². The van der Waals surface area contributed by atoms with Crippen LogP contribution in [-0.4, -0.2) is 30.8 Å². The highest BCUT2D eigenvalue weighted by Crippen LogP contribution is 2.24. The molecule has 0 aliphatic rings. The Balaban J connectivity index is 0.00000301. The Morgan fingerprint density at radius 2 is 1.81 bits per heavy atom. The lowest BCUT2D eigenvalue weighted by atomic mass is 10.2. The van der Waals surface area contributed by atoms with E-state index < -0.39 is 37.2 Å². The van der Waals surface area contributed by atoms with Gasteiger partial charge in [-0.05, 0) is 24.1 Å². The molecule has 0 unspecified atom stereocenters. The summed E-state index contributed by atoms with van der Waals surface area (Å²) in [5.74, 6) is -0.447. The molecule has 26 heavy (non-hydrogen) atoms. The van der Waals surface area contributed by atoms with E-state index in [1.807, 2.05) is 0 Å². The molecule has 0 aliphatic heterocycles. The van der Waals surface area contributed by atoms with Gasteiger partial charge in [-0.1, -0.05) is 18.7 Å². The van der Waals surface area contributed by atoms with Crippen molar-refractivity contribution in [2.24, 2.45) is 0 Å². The van der Waals surface area contributed by atoms with E-state index in [4.69, 9.17) is 5.11 Å². The van der Waals surface area contributed by atoms with Crippen LogP contribution in [0.4, 0.5) is 31.1 Å². The second kappa shape index (κ2) is 10.5. The van der Waals surface area contributed by atoms with Gasteiger partial charge in [0.1, 0.15) is 5.75 Å². The minimum Gasteiger partial charge on any atom is -0.406 e. The predicted molar refractivity (Wildman–Crippen MR) is 81.1 cm³/mol. The Kier molecular flexibility index (Phi) is 9.55. The van der Waals surface area contributed by atoms with E-state index in [1.165, 1.54) is 12.1 Å². The molecule has 0 radical (unpaired) electrons. The Bertz CT molecular complexity index is 587. The first-order valence-corrected chi connectivity index (χ1v) is 7.03. The van der Waals surface area contributed by atoms with E-state index in [2.05, 4.69) is 21.9 Å². The van der Waals surface area contributed by atoms with Gasteiger partial charge in [0.25, 0.3) is 0 Å². The highest BCUT2D eigenvalue weighted by molar-refractivity contribution is 5.75. The van der Waals surface area contributed by atoms with E-state index >= 15 is 0 Å². The summed E-state index contributed by atoms with van der Waals surface area (Å²) < 4.78 is 76.1. The zero-order valence-electron chi connectivity index (χ0n) is 13.7. The number of rotatable bonds is 6. The standard InChI is InChI=1S/C14H14F6N2O2.CH4O/c1-9(5-6-13(15,16)17)22-12(23)21-8-10-3-2-4-11(7-10)24-14(18,19)20;1-2/h2-4,7H,1,5-6,8H2,(H2,21,22,23);2H,1H3. The third-order valence-electron chi connectivity index (χ3n) is 2.59. The summed E-state index contributed by atoms with van der Waals surface area (Å²) in [5, 5.41) is 11.4. The minimum absolute atomic E-state index is 0.126. The first-order chi connectivity index (χ1) is 11.9. The molecule has 0 fully saturated rings. The predicted octanol–water partition coefficient (Wildman–Crippen LogP) is 3.85. The Labute approximate surface area is 145 Å². The molecule has 0 atom stereocenters. The summed E-state index contributed by atoms with van der Waals surface area (Å²) in [5.41, 5.74) is 0.187. The number of halogens is 6. The quantitative estimate of drug-likeness (QED) is 0.649. The van der Waals surface area contributed by atoms with Crippen molar-refractivity contribution in [1.82, 2.24) is 10.6 Å². The number of urea groups is 1. The first-order valence-electron chi connectivity index (χ1n) is 7.03. The van der Waals surface area contributed by atoms with Gasteiger partial charge in [-0.2, -0.15) is 13.2 Å². The lowest BCUT2D eigenvalue weighted by Gasteiger charge is -2.12. The number of nitrogens with one attached hydrogen (secondary N) is 2. The second-order valence-corrected chi connectivity index (χ2v) is 4.72. The van der Waals surface area contributed by atoms with Crippen molar-refractivity contribution in [2.45, 2.75) is 31.9 Å². The fourth-order valence-electron chi connectivity index (χ4n) is 1.59. The van der Waals surface area contributed by atoms with Crippen LogP contribution in [0, 0.1) is 0 Å². The monoisotopic (exact) mass is 388 g/mol. The number of carbonyl (C=O) groups excluding carboxylic acids is 1. The van der Waals surface area contributed by atoms with Crippen LogP contribution < -0.4 is 15.4 Å². The van der Waals surface area contributed by atoms with E-state index in [9.17, 15) is 31.1 Å². The molecule has 148 valence electrons. The molecule has 0 saturated carbocycles. The lowest BCUT2D eigenvalue weighted by Crippen LogP contribution is -2.34. The molecule has 11 heteroatoms. The Morgan fingerprint density at radius 1 is 1.19 bits per heavy atom. The van der Waals surface area contributed by atoms with Crippen molar-refractivity contribution in [3.05, 3.63) is 42.1 Å². The van der Waals surface area contributed by atoms with E-state index in [1.54, 1.807) is 0 Å². The van der Waals surface area contributed by atoms with Crippen molar-refractivity contribution in [1.29, 1.82) is 0 Å². The molecule has 0 bridgehead atoms. The van der Waals surface area contributed by atoms with Crippen LogP contribution in [-0.2, 0) is 6.54 Å². The van der Waals surface area contributed by atoms with Crippen molar-refractivity contribution >= 4 is 6.03 Å². The average molecular weight is 388 g/mol. The number of aliphatic hydroxyl groups is 1. The van der Waals surface area contributed by atoms with Gasteiger partial charge in [-0.15, -0.1) is 13.2 Å². The summed E-state index contributed by atoms with van der Waals surface area (Å²) in [4.78, 5) is 11.5. The lowest BCUT2D eigenvalue weighted by molar-refractivity contribution is -0.274. The summed E-state index contributed by atoms with van der Waals surface area (Å²) in [6, 6.07) is 4.10. The van der Waals surface area contributed by atoms with Gasteiger partial charge in [-0.3, -0.25) is 0 Å². The van der Waals surface area contributed by atoms with Crippen LogP contribution in [0.15, 0.2) is 36.5 Å². The zero-order valence-corrected chi connectivity index (χ0v) is 13.7. The molecular formula is C15H18F6N2O3. The molecule has 5 nitrogen and oxygen atoms in total. The Hall–Kier alpha value is -2.43. The molecular weight excluding hydrogens is 370 g/mol. The molecule has 1 rings (SSSR count). The van der Waals surface area contributed by atoms with Gasteiger partial charge >= 0.3 is 18.6 Å². The first kappa shape index (κ1) is 23.6. The van der Waals surface area contributed by atoms with Gasteiger partial charge in [0.2, 0.25) is 0 Å². The maximum absolute atomic E-state index is 12.1. The zero-order chi connectivity index (χ0) is 20.4. The number of benzene rings is 1. The average Bonchev–Trinajstić information content (AvgIpc) is 2.51. The molecule has 1 aromatic carbocycles. The molecule has 0 aromatic heterocycles. The fourth-order valence-corrected chi connectivity index (χ4v) is 1.59. The third-order valence-corrected chi connectivity index (χ3v) is 2.59. The molecule has 0 aliphatic carbocycles. The van der Waals surface area contributed by atoms with E-state index in [0.717, 1.165) is 19.2 Å². The number of ether oxygens (including phenoxy) is 1. The van der Waals surface area contributed by atoms with Crippen molar-refractivity contribution in [3.8, 4) is 5.75 Å². The van der Waals surface area contributed by atoms with Crippen LogP contribution in [0.25, 0.3) is 0 Å². The second-order valence-electron chi connectivity index (χ2n) is 4.72. The number of allylic oxidation sites excluding steroid dienone is 1.